The molecule has 30 heteroatoms. The van der Waals surface area contributed by atoms with Gasteiger partial charge in [0.2, 0.25) is 65.0 Å². The molecule has 0 spiro atoms. The second kappa shape index (κ2) is 33.8. The average Bonchev–Trinajstić information content (AvgIpc) is 3.37. The maximum atomic E-state index is 14.0. The van der Waals surface area contributed by atoms with Crippen LogP contribution in [0.25, 0.3) is 0 Å². The molecule has 12 atom stereocenters. The molecule has 1 saturated heterocycles. The van der Waals surface area contributed by atoms with Crippen molar-refractivity contribution in [3.05, 3.63) is 29.8 Å². The molecule has 77 heavy (non-hydrogen) atoms. The van der Waals surface area contributed by atoms with Gasteiger partial charge < -0.3 is 101 Å². The standard InChI is InChI=1S/C47H75N11O19/c1-2-3-4-5-6-7-8-9-10-11-30(62)39(69)31(63)16-24-17-34(66)54-28(21-59)44(74)57-36(38(68)23-12-14-25(61)15-13-23)47(77)55-26(18-32(48)64)42(72)51-20-35(67)53-27(19-33(49)65)43(73)56-29(22-60)45(75)58-37(46(76)52-24)40(70)41(50)71/h12-15,24,26-31,36-40,59-63,68-70H,2-11,16-22H2,1H3,(H2,48,64)(H2,49,65)(H2,50,71)(H,51,72)(H,52,76)(H,53,67)(H,54,66)(H,55,77)(H,56,73)(H,57,74)(H,58,75)/t24?,26-,27+,28-,29+,30?,31?,36?,37+,38?,39?,40+/m1/s1. The van der Waals surface area contributed by atoms with Gasteiger partial charge >= 0.3 is 0 Å². The summed E-state index contributed by atoms with van der Waals surface area (Å²) < 4.78 is 0. The van der Waals surface area contributed by atoms with E-state index in [4.69, 9.17) is 17.2 Å². The fourth-order valence-corrected chi connectivity index (χ4v) is 7.87. The van der Waals surface area contributed by atoms with Crippen LogP contribution in [-0.2, 0) is 52.7 Å². The van der Waals surface area contributed by atoms with Crippen molar-refractivity contribution in [2.24, 2.45) is 17.2 Å². The Bertz CT molecular complexity index is 2170. The van der Waals surface area contributed by atoms with Crippen LogP contribution in [0, 0.1) is 0 Å². The van der Waals surface area contributed by atoms with E-state index in [0.29, 0.717) is 12.8 Å². The zero-order valence-electron chi connectivity index (χ0n) is 42.6. The number of carbonyl (C=O) groups is 11. The molecule has 1 heterocycles. The first-order valence-electron chi connectivity index (χ1n) is 25.0. The summed E-state index contributed by atoms with van der Waals surface area (Å²) >= 11 is 0. The molecule has 432 valence electrons. The summed E-state index contributed by atoms with van der Waals surface area (Å²) in [5.74, 6) is -15.5. The molecule has 0 aliphatic carbocycles. The summed E-state index contributed by atoms with van der Waals surface area (Å²) in [6, 6.07) is -10.1. The van der Waals surface area contributed by atoms with Gasteiger partial charge in [-0.3, -0.25) is 52.7 Å². The molecule has 1 aliphatic heterocycles. The maximum Gasteiger partial charge on any atom is 0.248 e. The van der Waals surface area contributed by atoms with Crippen molar-refractivity contribution in [1.82, 2.24) is 42.5 Å². The number of phenolic OH excluding ortho intramolecular Hbond substituents is 1. The van der Waals surface area contributed by atoms with E-state index < -0.39 is 183 Å². The number of aromatic hydroxyl groups is 1. The van der Waals surface area contributed by atoms with Gasteiger partial charge in [-0.1, -0.05) is 76.8 Å². The number of benzene rings is 1. The fraction of sp³-hybridized carbons (Fsp3) is 0.638. The van der Waals surface area contributed by atoms with E-state index in [1.54, 1.807) is 0 Å². The summed E-state index contributed by atoms with van der Waals surface area (Å²) in [5.41, 5.74) is 15.7. The van der Waals surface area contributed by atoms with Crippen molar-refractivity contribution in [2.75, 3.05) is 19.8 Å². The van der Waals surface area contributed by atoms with Crippen molar-refractivity contribution in [3.63, 3.8) is 0 Å². The first-order valence-corrected chi connectivity index (χ1v) is 25.0. The van der Waals surface area contributed by atoms with Crippen molar-refractivity contribution in [2.45, 2.75) is 170 Å². The third kappa shape index (κ3) is 23.4. The quantitative estimate of drug-likeness (QED) is 0.0428. The van der Waals surface area contributed by atoms with Crippen molar-refractivity contribution in [1.29, 1.82) is 0 Å². The SMILES string of the molecule is CCCCCCCCCCCC(O)C(O)C(O)CC1CC(=O)N[C@H](CO)C(=O)NC(C(O)c2ccc(O)cc2)C(=O)N[C@H](CC(N)=O)C(=O)NCC(=O)N[C@@H](CC(N)=O)C(=O)N[C@@H](CO)C(=O)N[C@@H]([C@H](O)C(N)=O)C(=O)N1. The summed E-state index contributed by atoms with van der Waals surface area (Å²) in [5, 5.41) is 102. The van der Waals surface area contributed by atoms with Crippen LogP contribution in [0.15, 0.2) is 24.3 Å². The smallest absolute Gasteiger partial charge is 0.248 e. The number of amides is 11. The number of nitrogens with one attached hydrogen (secondary N) is 8. The lowest BCUT2D eigenvalue weighted by Crippen LogP contribution is -2.63. The third-order valence-corrected chi connectivity index (χ3v) is 12.2. The molecular formula is C47H75N11O19. The highest BCUT2D eigenvalue weighted by Crippen LogP contribution is 2.21. The zero-order chi connectivity index (χ0) is 57.9. The van der Waals surface area contributed by atoms with E-state index in [2.05, 4.69) is 28.2 Å². The van der Waals surface area contributed by atoms with Crippen LogP contribution in [-0.4, -0.2) is 192 Å². The third-order valence-electron chi connectivity index (χ3n) is 12.2. The molecular weight excluding hydrogens is 1020 g/mol. The van der Waals surface area contributed by atoms with Gasteiger partial charge in [-0.2, -0.15) is 0 Å². The van der Waals surface area contributed by atoms with E-state index in [0.717, 1.165) is 69.2 Å². The molecule has 1 aromatic carbocycles. The molecule has 0 aromatic heterocycles. The molecule has 1 aromatic rings. The lowest BCUT2D eigenvalue weighted by Gasteiger charge is -2.30. The van der Waals surface area contributed by atoms with Gasteiger partial charge in [0.25, 0.3) is 0 Å². The van der Waals surface area contributed by atoms with E-state index in [9.17, 15) is 93.6 Å². The predicted octanol–water partition coefficient (Wildman–Crippen LogP) is -7.69. The van der Waals surface area contributed by atoms with Gasteiger partial charge in [-0.05, 0) is 30.5 Å². The number of nitrogens with two attached hydrogens (primary N) is 3. The van der Waals surface area contributed by atoms with Gasteiger partial charge in [0, 0.05) is 12.5 Å². The van der Waals surface area contributed by atoms with E-state index in [1.807, 2.05) is 21.3 Å². The minimum atomic E-state index is -2.62. The van der Waals surface area contributed by atoms with Crippen molar-refractivity contribution < 1.29 is 93.6 Å². The number of primary amides is 3. The summed E-state index contributed by atoms with van der Waals surface area (Å²) in [4.78, 5) is 145. The Balaban J connectivity index is 2.68. The zero-order valence-corrected chi connectivity index (χ0v) is 42.6. The maximum absolute atomic E-state index is 14.0. The van der Waals surface area contributed by atoms with Crippen molar-refractivity contribution in [3.8, 4) is 5.75 Å². The lowest BCUT2D eigenvalue weighted by atomic mass is 9.95. The van der Waals surface area contributed by atoms with E-state index in [-0.39, 0.29) is 17.7 Å². The molecule has 30 nitrogen and oxygen atoms in total. The molecule has 2 rings (SSSR count). The Morgan fingerprint density at radius 2 is 1.03 bits per heavy atom. The van der Waals surface area contributed by atoms with Crippen LogP contribution >= 0.6 is 0 Å². The van der Waals surface area contributed by atoms with E-state index >= 15 is 0 Å². The molecule has 1 aliphatic rings. The second-order valence-corrected chi connectivity index (χ2v) is 18.5. The molecule has 0 bridgehead atoms. The number of rotatable bonds is 24. The normalized spacial score (nSPS) is 24.0. The van der Waals surface area contributed by atoms with Crippen LogP contribution < -0.4 is 59.7 Å². The summed E-state index contributed by atoms with van der Waals surface area (Å²) in [7, 11) is 0. The van der Waals surface area contributed by atoms with Crippen LogP contribution in [0.2, 0.25) is 0 Å². The average molecular weight is 1100 g/mol. The Morgan fingerprint density at radius 1 is 0.558 bits per heavy atom. The van der Waals surface area contributed by atoms with Crippen LogP contribution in [0.1, 0.15) is 108 Å². The Morgan fingerprint density at radius 3 is 1.56 bits per heavy atom. The Kier molecular flexibility index (Phi) is 29.0. The number of carbonyl (C=O) groups excluding carboxylic acids is 11. The monoisotopic (exact) mass is 1100 g/mol. The molecule has 1 fully saturated rings. The Labute approximate surface area is 442 Å². The first kappa shape index (κ1) is 66.0. The fourth-order valence-electron chi connectivity index (χ4n) is 7.87. The molecule has 0 saturated carbocycles. The van der Waals surface area contributed by atoms with Crippen LogP contribution in [0.3, 0.4) is 0 Å². The molecule has 11 amide bonds. The highest BCUT2D eigenvalue weighted by atomic mass is 16.4. The second-order valence-electron chi connectivity index (χ2n) is 18.5. The first-order chi connectivity index (χ1) is 36.3. The molecule has 0 radical (unpaired) electrons. The minimum Gasteiger partial charge on any atom is -0.508 e. The van der Waals surface area contributed by atoms with Crippen LogP contribution in [0.5, 0.6) is 5.75 Å². The topological polar surface area (TPSA) is 524 Å². The highest BCUT2D eigenvalue weighted by molar-refractivity contribution is 6.00. The predicted molar refractivity (Wildman–Crippen MR) is 266 cm³/mol. The van der Waals surface area contributed by atoms with Gasteiger partial charge in [-0.15, -0.1) is 0 Å². The van der Waals surface area contributed by atoms with Gasteiger partial charge in [0.05, 0.1) is 44.8 Å². The largest absolute Gasteiger partial charge is 0.508 e. The molecule has 22 N–H and O–H groups in total. The van der Waals surface area contributed by atoms with Gasteiger partial charge in [0.1, 0.15) is 54.2 Å². The number of hydrogen-bond donors (Lipinski definition) is 19. The number of aliphatic hydroxyl groups is 7. The Hall–Kier alpha value is -7.09. The van der Waals surface area contributed by atoms with Gasteiger partial charge in [-0.25, -0.2) is 0 Å². The number of phenols is 1. The van der Waals surface area contributed by atoms with E-state index in [1.165, 1.54) is 0 Å². The summed E-state index contributed by atoms with van der Waals surface area (Å²) in [6.07, 6.45) is -5.59. The number of hydrogen-bond acceptors (Lipinski definition) is 19. The van der Waals surface area contributed by atoms with Crippen LogP contribution in [0.4, 0.5) is 0 Å². The number of unbranched alkanes of at least 4 members (excludes halogenated alkanes) is 8. The number of aliphatic hydroxyl groups excluding tert-OH is 7. The minimum absolute atomic E-state index is 0.00936. The van der Waals surface area contributed by atoms with Gasteiger partial charge in [0.15, 0.2) is 6.10 Å². The van der Waals surface area contributed by atoms with Crippen molar-refractivity contribution >= 4 is 65.0 Å². The lowest BCUT2D eigenvalue weighted by molar-refractivity contribution is -0.140. The molecule has 6 unspecified atom stereocenters. The summed E-state index contributed by atoms with van der Waals surface area (Å²) in [6.45, 7) is -1.53. The highest BCUT2D eigenvalue weighted by Gasteiger charge is 2.39.